The number of nitrogens with zero attached hydrogens (tertiary/aromatic N) is 1. The maximum absolute atomic E-state index is 12.1. The Kier molecular flexibility index (Phi) is 4.57. The molecule has 108 valence electrons. The number of carbonyl (C=O) groups excluding carboxylic acids is 2. The standard InChI is InChI=1S/C14H18N2O4/c1-20-13(18)11-6-2-3-7-12(11)15-14(19)16-8-4-5-10(17)9-16/h2-3,6-7,10,17H,4-5,8-9H2,1H3,(H,15,19)/t10-/m1/s1. The predicted octanol–water partition coefficient (Wildman–Crippen LogP) is 1.46. The summed E-state index contributed by atoms with van der Waals surface area (Å²) in [6, 6.07) is 6.34. The minimum absolute atomic E-state index is 0.306. The highest BCUT2D eigenvalue weighted by Crippen LogP contribution is 2.18. The Morgan fingerprint density at radius 2 is 2.15 bits per heavy atom. The monoisotopic (exact) mass is 278 g/mol. The van der Waals surface area contributed by atoms with Crippen molar-refractivity contribution in [1.29, 1.82) is 0 Å². The van der Waals surface area contributed by atoms with Gasteiger partial charge in [0.25, 0.3) is 0 Å². The van der Waals surface area contributed by atoms with Crippen molar-refractivity contribution in [3.63, 3.8) is 0 Å². The number of likely N-dealkylation sites (tertiary alicyclic amines) is 1. The molecule has 0 bridgehead atoms. The zero-order chi connectivity index (χ0) is 14.5. The molecular weight excluding hydrogens is 260 g/mol. The summed E-state index contributed by atoms with van der Waals surface area (Å²) < 4.78 is 4.68. The number of hydrogen-bond donors (Lipinski definition) is 2. The average molecular weight is 278 g/mol. The van der Waals surface area contributed by atoms with Crippen molar-refractivity contribution in [3.8, 4) is 0 Å². The number of esters is 1. The highest BCUT2D eigenvalue weighted by molar-refractivity contribution is 6.00. The van der Waals surface area contributed by atoms with Crippen LogP contribution < -0.4 is 5.32 Å². The van der Waals surface area contributed by atoms with Crippen LogP contribution in [0, 0.1) is 0 Å². The van der Waals surface area contributed by atoms with Gasteiger partial charge in [-0.05, 0) is 25.0 Å². The third kappa shape index (κ3) is 3.27. The Bertz CT molecular complexity index is 504. The molecule has 6 nitrogen and oxygen atoms in total. The first-order chi connectivity index (χ1) is 9.61. The quantitative estimate of drug-likeness (QED) is 0.803. The summed E-state index contributed by atoms with van der Waals surface area (Å²) in [4.78, 5) is 25.3. The van der Waals surface area contributed by atoms with Crippen molar-refractivity contribution in [2.45, 2.75) is 18.9 Å². The Morgan fingerprint density at radius 1 is 1.40 bits per heavy atom. The molecule has 0 aromatic heterocycles. The van der Waals surface area contributed by atoms with Gasteiger partial charge in [0.05, 0.1) is 24.5 Å². The van der Waals surface area contributed by atoms with Gasteiger partial charge in [-0.3, -0.25) is 0 Å². The van der Waals surface area contributed by atoms with E-state index in [-0.39, 0.29) is 6.03 Å². The first-order valence-corrected chi connectivity index (χ1v) is 6.53. The number of urea groups is 1. The number of ether oxygens (including phenoxy) is 1. The number of benzene rings is 1. The molecule has 1 aliphatic heterocycles. The number of methoxy groups -OCH3 is 1. The largest absolute Gasteiger partial charge is 0.465 e. The SMILES string of the molecule is COC(=O)c1ccccc1NC(=O)N1CCC[C@@H](O)C1. The van der Waals surface area contributed by atoms with E-state index >= 15 is 0 Å². The number of para-hydroxylation sites is 1. The Morgan fingerprint density at radius 3 is 2.85 bits per heavy atom. The first-order valence-electron chi connectivity index (χ1n) is 6.53. The summed E-state index contributed by atoms with van der Waals surface area (Å²) in [5, 5.41) is 12.3. The van der Waals surface area contributed by atoms with Crippen LogP contribution in [-0.2, 0) is 4.74 Å². The Hall–Kier alpha value is -2.08. The molecule has 1 saturated heterocycles. The van der Waals surface area contributed by atoms with Gasteiger partial charge in [0, 0.05) is 13.1 Å². The van der Waals surface area contributed by atoms with Crippen LogP contribution in [0.15, 0.2) is 24.3 Å². The molecule has 2 amide bonds. The van der Waals surface area contributed by atoms with Crippen LogP contribution in [0.4, 0.5) is 10.5 Å². The lowest BCUT2D eigenvalue weighted by molar-refractivity contribution is 0.0601. The lowest BCUT2D eigenvalue weighted by Gasteiger charge is -2.30. The normalized spacial score (nSPS) is 18.5. The number of hydrogen-bond acceptors (Lipinski definition) is 4. The van der Waals surface area contributed by atoms with Crippen molar-refractivity contribution in [3.05, 3.63) is 29.8 Å². The van der Waals surface area contributed by atoms with Crippen molar-refractivity contribution >= 4 is 17.7 Å². The van der Waals surface area contributed by atoms with E-state index in [1.54, 1.807) is 29.2 Å². The van der Waals surface area contributed by atoms with Gasteiger partial charge < -0.3 is 20.1 Å². The number of piperidine rings is 1. The number of anilines is 1. The fourth-order valence-electron chi connectivity index (χ4n) is 2.21. The van der Waals surface area contributed by atoms with Crippen LogP contribution in [0.5, 0.6) is 0 Å². The van der Waals surface area contributed by atoms with Crippen LogP contribution in [-0.4, -0.2) is 48.3 Å². The number of aliphatic hydroxyl groups excluding tert-OH is 1. The molecule has 0 aliphatic carbocycles. The molecule has 0 unspecified atom stereocenters. The summed E-state index contributed by atoms with van der Waals surface area (Å²) in [6.45, 7) is 0.912. The first kappa shape index (κ1) is 14.3. The van der Waals surface area contributed by atoms with E-state index in [1.165, 1.54) is 7.11 Å². The maximum Gasteiger partial charge on any atom is 0.339 e. The van der Waals surface area contributed by atoms with Crippen LogP contribution in [0.2, 0.25) is 0 Å². The molecule has 20 heavy (non-hydrogen) atoms. The minimum atomic E-state index is -0.500. The minimum Gasteiger partial charge on any atom is -0.465 e. The average Bonchev–Trinajstić information content (AvgIpc) is 2.47. The molecular formula is C14H18N2O4. The van der Waals surface area contributed by atoms with E-state index in [0.717, 1.165) is 6.42 Å². The van der Waals surface area contributed by atoms with Crippen molar-refractivity contribution in [2.24, 2.45) is 0 Å². The third-order valence-electron chi connectivity index (χ3n) is 3.26. The maximum atomic E-state index is 12.1. The summed E-state index contributed by atoms with van der Waals surface area (Å²) >= 11 is 0. The van der Waals surface area contributed by atoms with Gasteiger partial charge in [0.2, 0.25) is 0 Å². The van der Waals surface area contributed by atoms with Crippen molar-refractivity contribution < 1.29 is 19.4 Å². The second kappa shape index (κ2) is 6.38. The summed E-state index contributed by atoms with van der Waals surface area (Å²) in [7, 11) is 1.29. The van der Waals surface area contributed by atoms with E-state index in [0.29, 0.717) is 30.8 Å². The van der Waals surface area contributed by atoms with Gasteiger partial charge in [-0.25, -0.2) is 9.59 Å². The highest BCUT2D eigenvalue weighted by atomic mass is 16.5. The predicted molar refractivity (Wildman–Crippen MR) is 73.6 cm³/mol. The fourth-order valence-corrected chi connectivity index (χ4v) is 2.21. The van der Waals surface area contributed by atoms with Gasteiger partial charge in [0.15, 0.2) is 0 Å². The molecule has 2 rings (SSSR count). The molecule has 2 N–H and O–H groups in total. The van der Waals surface area contributed by atoms with E-state index in [4.69, 9.17) is 0 Å². The van der Waals surface area contributed by atoms with Gasteiger partial charge >= 0.3 is 12.0 Å². The Labute approximate surface area is 117 Å². The molecule has 1 atom stereocenters. The fraction of sp³-hybridized carbons (Fsp3) is 0.429. The molecule has 1 heterocycles. The van der Waals surface area contributed by atoms with Gasteiger partial charge in [-0.1, -0.05) is 12.1 Å². The van der Waals surface area contributed by atoms with E-state index < -0.39 is 12.1 Å². The molecule has 1 aliphatic rings. The topological polar surface area (TPSA) is 78.9 Å². The number of aliphatic hydroxyl groups is 1. The molecule has 1 fully saturated rings. The molecule has 0 radical (unpaired) electrons. The van der Waals surface area contributed by atoms with Crippen molar-refractivity contribution in [2.75, 3.05) is 25.5 Å². The van der Waals surface area contributed by atoms with Gasteiger partial charge in [-0.2, -0.15) is 0 Å². The number of carbonyl (C=O) groups is 2. The molecule has 1 aromatic rings. The zero-order valence-corrected chi connectivity index (χ0v) is 11.3. The number of β-amino-alcohol motifs (C(OH)–C–C–N with tert-alkyl or cyclic N) is 1. The number of rotatable bonds is 2. The van der Waals surface area contributed by atoms with Gasteiger partial charge in [-0.15, -0.1) is 0 Å². The van der Waals surface area contributed by atoms with E-state index in [2.05, 4.69) is 10.1 Å². The Balaban J connectivity index is 2.09. The van der Waals surface area contributed by atoms with Gasteiger partial charge in [0.1, 0.15) is 0 Å². The summed E-state index contributed by atoms with van der Waals surface area (Å²) in [5.74, 6) is -0.500. The van der Waals surface area contributed by atoms with Crippen LogP contribution >= 0.6 is 0 Å². The lowest BCUT2D eigenvalue weighted by Crippen LogP contribution is -2.44. The molecule has 0 spiro atoms. The third-order valence-corrected chi connectivity index (χ3v) is 3.26. The molecule has 1 aromatic carbocycles. The second-order valence-corrected chi connectivity index (χ2v) is 4.71. The summed E-state index contributed by atoms with van der Waals surface area (Å²) in [6.07, 6.45) is 1.00. The second-order valence-electron chi connectivity index (χ2n) is 4.71. The van der Waals surface area contributed by atoms with Crippen LogP contribution in [0.25, 0.3) is 0 Å². The van der Waals surface area contributed by atoms with Crippen LogP contribution in [0.1, 0.15) is 23.2 Å². The molecule has 6 heteroatoms. The van der Waals surface area contributed by atoms with Crippen LogP contribution in [0.3, 0.4) is 0 Å². The van der Waals surface area contributed by atoms with E-state index in [9.17, 15) is 14.7 Å². The van der Waals surface area contributed by atoms with E-state index in [1.807, 2.05) is 0 Å². The smallest absolute Gasteiger partial charge is 0.339 e. The summed E-state index contributed by atoms with van der Waals surface area (Å²) in [5.41, 5.74) is 0.713. The van der Waals surface area contributed by atoms with Crippen molar-refractivity contribution in [1.82, 2.24) is 4.90 Å². The number of amides is 2. The molecule has 0 saturated carbocycles. The highest BCUT2D eigenvalue weighted by Gasteiger charge is 2.23. The number of nitrogens with one attached hydrogen (secondary N) is 1. The zero-order valence-electron chi connectivity index (χ0n) is 11.3. The lowest BCUT2D eigenvalue weighted by atomic mass is 10.1.